The maximum Gasteiger partial charge on any atom is 0.191 e. The van der Waals surface area contributed by atoms with Crippen molar-refractivity contribution < 1.29 is 0 Å². The minimum absolute atomic E-state index is 0.422. The minimum Gasteiger partial charge on any atom is -0.366 e. The predicted octanol–water partition coefficient (Wildman–Crippen LogP) is 2.01. The number of nitrogens with one attached hydrogen (secondary N) is 2. The molecule has 0 fully saturated rings. The molecule has 1 unspecified atom stereocenters. The zero-order valence-corrected chi connectivity index (χ0v) is 12.8. The van der Waals surface area contributed by atoms with Gasteiger partial charge in [0.2, 0.25) is 0 Å². The van der Waals surface area contributed by atoms with E-state index in [0.717, 1.165) is 38.6 Å². The number of hydrogen-bond donors (Lipinski definition) is 2. The van der Waals surface area contributed by atoms with Crippen LogP contribution in [0.3, 0.4) is 0 Å². The second kappa shape index (κ2) is 7.17. The first-order valence-corrected chi connectivity index (χ1v) is 7.63. The quantitative estimate of drug-likeness (QED) is 0.637. The predicted molar refractivity (Wildman–Crippen MR) is 86.6 cm³/mol. The molecule has 1 aromatic rings. The van der Waals surface area contributed by atoms with Crippen LogP contribution in [0.5, 0.6) is 0 Å². The molecule has 0 spiro atoms. The van der Waals surface area contributed by atoms with Crippen LogP contribution in [0.15, 0.2) is 29.3 Å². The van der Waals surface area contributed by atoms with Crippen LogP contribution in [-0.4, -0.2) is 38.2 Å². The smallest absolute Gasteiger partial charge is 0.191 e. The van der Waals surface area contributed by atoms with E-state index in [1.165, 1.54) is 11.3 Å². The normalized spacial score (nSPS) is 14.7. The number of nitrogens with zero attached hydrogens (tertiary/aromatic N) is 2. The standard InChI is InChI=1S/C16H26N4/c1-4-17-16(18-5-2)19-12-13(3)20-11-10-14-8-6-7-9-15(14)20/h6-9,13H,4-5,10-12H2,1-3H3,(H2,17,18,19). The Morgan fingerprint density at radius 2 is 1.95 bits per heavy atom. The van der Waals surface area contributed by atoms with Crippen LogP contribution in [0.4, 0.5) is 5.69 Å². The molecule has 1 heterocycles. The number of benzene rings is 1. The Kier molecular flexibility index (Phi) is 5.27. The highest BCUT2D eigenvalue weighted by atomic mass is 15.2. The summed E-state index contributed by atoms with van der Waals surface area (Å²) in [5.41, 5.74) is 2.84. The minimum atomic E-state index is 0.422. The van der Waals surface area contributed by atoms with E-state index in [1.54, 1.807) is 0 Å². The van der Waals surface area contributed by atoms with Crippen LogP contribution in [0.1, 0.15) is 26.3 Å². The second-order valence-electron chi connectivity index (χ2n) is 5.17. The van der Waals surface area contributed by atoms with Crippen molar-refractivity contribution in [3.8, 4) is 0 Å². The molecule has 1 atom stereocenters. The van der Waals surface area contributed by atoms with Gasteiger partial charge in [-0.25, -0.2) is 0 Å². The lowest BCUT2D eigenvalue weighted by Crippen LogP contribution is -2.39. The van der Waals surface area contributed by atoms with Crippen molar-refractivity contribution in [3.05, 3.63) is 29.8 Å². The monoisotopic (exact) mass is 274 g/mol. The molecule has 110 valence electrons. The molecule has 2 rings (SSSR count). The van der Waals surface area contributed by atoms with E-state index in [2.05, 4.69) is 65.6 Å². The number of para-hydroxylation sites is 1. The van der Waals surface area contributed by atoms with Gasteiger partial charge in [-0.15, -0.1) is 0 Å². The van der Waals surface area contributed by atoms with Gasteiger partial charge in [-0.1, -0.05) is 18.2 Å². The number of fused-ring (bicyclic) bond motifs is 1. The summed E-state index contributed by atoms with van der Waals surface area (Å²) < 4.78 is 0. The van der Waals surface area contributed by atoms with E-state index in [-0.39, 0.29) is 0 Å². The Labute approximate surface area is 122 Å². The van der Waals surface area contributed by atoms with Gasteiger partial charge in [0.15, 0.2) is 5.96 Å². The van der Waals surface area contributed by atoms with E-state index in [4.69, 9.17) is 0 Å². The van der Waals surface area contributed by atoms with Crippen molar-refractivity contribution in [2.24, 2.45) is 4.99 Å². The molecular weight excluding hydrogens is 248 g/mol. The van der Waals surface area contributed by atoms with Gasteiger partial charge in [0.25, 0.3) is 0 Å². The highest BCUT2D eigenvalue weighted by Crippen LogP contribution is 2.29. The fourth-order valence-corrected chi connectivity index (χ4v) is 2.65. The van der Waals surface area contributed by atoms with E-state index >= 15 is 0 Å². The molecule has 4 heteroatoms. The Hall–Kier alpha value is -1.71. The fraction of sp³-hybridized carbons (Fsp3) is 0.562. The SMILES string of the molecule is CCNC(=NCC(C)N1CCc2ccccc21)NCC. The van der Waals surface area contributed by atoms with Gasteiger partial charge in [-0.05, 0) is 38.8 Å². The molecule has 1 aromatic carbocycles. The van der Waals surface area contributed by atoms with Crippen LogP contribution in [0.2, 0.25) is 0 Å². The molecule has 0 bridgehead atoms. The Morgan fingerprint density at radius 3 is 2.65 bits per heavy atom. The number of hydrogen-bond acceptors (Lipinski definition) is 2. The van der Waals surface area contributed by atoms with Gasteiger partial charge >= 0.3 is 0 Å². The van der Waals surface area contributed by atoms with E-state index in [0.29, 0.717) is 6.04 Å². The van der Waals surface area contributed by atoms with Crippen LogP contribution in [0.25, 0.3) is 0 Å². The number of aliphatic imine (C=N–C) groups is 1. The summed E-state index contributed by atoms with van der Waals surface area (Å²) in [6.45, 7) is 10.1. The first kappa shape index (κ1) is 14.7. The largest absolute Gasteiger partial charge is 0.366 e. The summed E-state index contributed by atoms with van der Waals surface area (Å²) in [5, 5.41) is 6.54. The molecular formula is C16H26N4. The lowest BCUT2D eigenvalue weighted by atomic mass is 10.2. The molecule has 0 saturated carbocycles. The van der Waals surface area contributed by atoms with Gasteiger partial charge in [0, 0.05) is 31.4 Å². The summed E-state index contributed by atoms with van der Waals surface area (Å²) in [6.07, 6.45) is 1.15. The van der Waals surface area contributed by atoms with Crippen LogP contribution in [-0.2, 0) is 6.42 Å². The van der Waals surface area contributed by atoms with Crippen molar-refractivity contribution in [1.29, 1.82) is 0 Å². The van der Waals surface area contributed by atoms with Gasteiger partial charge in [-0.3, -0.25) is 4.99 Å². The lowest BCUT2D eigenvalue weighted by molar-refractivity contribution is 0.658. The number of guanidine groups is 1. The Morgan fingerprint density at radius 1 is 1.25 bits per heavy atom. The number of rotatable bonds is 5. The van der Waals surface area contributed by atoms with Crippen LogP contribution in [0, 0.1) is 0 Å². The highest BCUT2D eigenvalue weighted by molar-refractivity contribution is 5.79. The summed E-state index contributed by atoms with van der Waals surface area (Å²) in [5.74, 6) is 0.911. The van der Waals surface area contributed by atoms with Crippen molar-refractivity contribution in [1.82, 2.24) is 10.6 Å². The molecule has 0 amide bonds. The van der Waals surface area contributed by atoms with Crippen molar-refractivity contribution in [2.75, 3.05) is 31.1 Å². The summed E-state index contributed by atoms with van der Waals surface area (Å²) in [6, 6.07) is 9.12. The van der Waals surface area contributed by atoms with Gasteiger partial charge < -0.3 is 15.5 Å². The van der Waals surface area contributed by atoms with Crippen molar-refractivity contribution in [3.63, 3.8) is 0 Å². The average Bonchev–Trinajstić information content (AvgIpc) is 2.89. The second-order valence-corrected chi connectivity index (χ2v) is 5.17. The zero-order chi connectivity index (χ0) is 14.4. The number of anilines is 1. The molecule has 0 aromatic heterocycles. The van der Waals surface area contributed by atoms with E-state index < -0.39 is 0 Å². The third-order valence-electron chi connectivity index (χ3n) is 3.66. The first-order chi connectivity index (χ1) is 9.76. The van der Waals surface area contributed by atoms with Gasteiger partial charge in [0.05, 0.1) is 6.54 Å². The topological polar surface area (TPSA) is 39.7 Å². The molecule has 0 radical (unpaired) electrons. The molecule has 0 aliphatic carbocycles. The van der Waals surface area contributed by atoms with Crippen molar-refractivity contribution >= 4 is 11.6 Å². The Bertz CT molecular complexity index is 448. The molecule has 2 N–H and O–H groups in total. The third kappa shape index (κ3) is 3.44. The van der Waals surface area contributed by atoms with E-state index in [9.17, 15) is 0 Å². The van der Waals surface area contributed by atoms with Crippen molar-refractivity contribution in [2.45, 2.75) is 33.2 Å². The maximum atomic E-state index is 4.67. The molecule has 4 nitrogen and oxygen atoms in total. The van der Waals surface area contributed by atoms with Crippen LogP contribution < -0.4 is 15.5 Å². The molecule has 0 saturated heterocycles. The maximum absolute atomic E-state index is 4.67. The average molecular weight is 274 g/mol. The molecule has 1 aliphatic rings. The van der Waals surface area contributed by atoms with E-state index in [1.807, 2.05) is 0 Å². The molecule has 1 aliphatic heterocycles. The first-order valence-electron chi connectivity index (χ1n) is 7.63. The summed E-state index contributed by atoms with van der Waals surface area (Å²) in [4.78, 5) is 7.14. The fourth-order valence-electron chi connectivity index (χ4n) is 2.65. The summed E-state index contributed by atoms with van der Waals surface area (Å²) in [7, 11) is 0. The molecule has 20 heavy (non-hydrogen) atoms. The zero-order valence-electron chi connectivity index (χ0n) is 12.8. The highest BCUT2D eigenvalue weighted by Gasteiger charge is 2.22. The lowest BCUT2D eigenvalue weighted by Gasteiger charge is -2.26. The summed E-state index contributed by atoms with van der Waals surface area (Å²) >= 11 is 0. The van der Waals surface area contributed by atoms with Gasteiger partial charge in [-0.2, -0.15) is 0 Å². The van der Waals surface area contributed by atoms with Crippen LogP contribution >= 0.6 is 0 Å². The third-order valence-corrected chi connectivity index (χ3v) is 3.66. The Balaban J connectivity index is 1.98. The van der Waals surface area contributed by atoms with Gasteiger partial charge in [0.1, 0.15) is 0 Å².